The van der Waals surface area contributed by atoms with Gasteiger partial charge in [-0.15, -0.1) is 0 Å². The first-order valence-corrected chi connectivity index (χ1v) is 6.86. The van der Waals surface area contributed by atoms with Crippen LogP contribution in [0.5, 0.6) is 0 Å². The molecule has 0 fully saturated rings. The second-order valence-electron chi connectivity index (χ2n) is 4.81. The molecule has 23 heavy (non-hydrogen) atoms. The highest BCUT2D eigenvalue weighted by molar-refractivity contribution is 6.04. The lowest BCUT2D eigenvalue weighted by Gasteiger charge is -2.04. The molecular formula is C17H12N4O2. The van der Waals surface area contributed by atoms with Crippen molar-refractivity contribution in [1.82, 2.24) is 9.97 Å². The molecule has 0 aliphatic rings. The largest absolute Gasteiger partial charge is 0.450 e. The van der Waals surface area contributed by atoms with Crippen LogP contribution in [0.2, 0.25) is 0 Å². The van der Waals surface area contributed by atoms with E-state index in [0.717, 1.165) is 11.1 Å². The van der Waals surface area contributed by atoms with Gasteiger partial charge in [0.1, 0.15) is 11.8 Å². The van der Waals surface area contributed by atoms with Crippen LogP contribution >= 0.6 is 0 Å². The van der Waals surface area contributed by atoms with Gasteiger partial charge in [-0.3, -0.25) is 10.1 Å². The lowest BCUT2D eigenvalue weighted by molar-refractivity contribution is 0.102. The van der Waals surface area contributed by atoms with E-state index in [2.05, 4.69) is 15.3 Å². The summed E-state index contributed by atoms with van der Waals surface area (Å²) in [5, 5.41) is 11.4. The smallest absolute Gasteiger partial charge is 0.261 e. The van der Waals surface area contributed by atoms with Gasteiger partial charge in [-0.2, -0.15) is 5.26 Å². The number of hydrogen-bond acceptors (Lipinski definition) is 5. The van der Waals surface area contributed by atoms with E-state index < -0.39 is 5.91 Å². The molecule has 6 heteroatoms. The number of hydrogen-bond donors (Lipinski definition) is 1. The van der Waals surface area contributed by atoms with Gasteiger partial charge in [-0.05, 0) is 12.5 Å². The van der Waals surface area contributed by atoms with E-state index in [9.17, 15) is 4.79 Å². The lowest BCUT2D eigenvalue weighted by atomic mass is 10.1. The van der Waals surface area contributed by atoms with Crippen molar-refractivity contribution in [3.63, 3.8) is 0 Å². The highest BCUT2D eigenvalue weighted by Gasteiger charge is 2.16. The quantitative estimate of drug-likeness (QED) is 0.802. The Balaban J connectivity index is 1.77. The van der Waals surface area contributed by atoms with E-state index in [0.29, 0.717) is 5.76 Å². The number of benzene rings is 1. The van der Waals surface area contributed by atoms with Crippen molar-refractivity contribution in [2.24, 2.45) is 0 Å². The van der Waals surface area contributed by atoms with Gasteiger partial charge in [0.25, 0.3) is 5.91 Å². The van der Waals surface area contributed by atoms with Gasteiger partial charge in [-0.1, -0.05) is 30.3 Å². The summed E-state index contributed by atoms with van der Waals surface area (Å²) < 4.78 is 5.14. The van der Waals surface area contributed by atoms with Gasteiger partial charge >= 0.3 is 0 Å². The molecule has 0 radical (unpaired) electrons. The summed E-state index contributed by atoms with van der Waals surface area (Å²) in [6.45, 7) is 1.62. The Labute approximate surface area is 132 Å². The predicted octanol–water partition coefficient (Wildman–Crippen LogP) is 3.17. The molecule has 0 unspecified atom stereocenters. The summed E-state index contributed by atoms with van der Waals surface area (Å²) in [5.41, 5.74) is 2.14. The third kappa shape index (κ3) is 3.09. The number of nitrogens with zero attached hydrogens (tertiary/aromatic N) is 3. The summed E-state index contributed by atoms with van der Waals surface area (Å²) in [6.07, 6.45) is 3.28. The van der Waals surface area contributed by atoms with E-state index in [1.54, 1.807) is 19.3 Å². The number of rotatable bonds is 3. The number of carbonyl (C=O) groups is 1. The van der Waals surface area contributed by atoms with E-state index >= 15 is 0 Å². The van der Waals surface area contributed by atoms with Crippen LogP contribution in [0.15, 0.2) is 53.2 Å². The number of aryl methyl sites for hydroxylation is 1. The molecule has 0 bridgehead atoms. The Bertz CT molecular complexity index is 877. The monoisotopic (exact) mass is 304 g/mol. The van der Waals surface area contributed by atoms with Crippen LogP contribution in [-0.4, -0.2) is 15.9 Å². The Hall–Kier alpha value is -3.46. The Morgan fingerprint density at radius 1 is 1.17 bits per heavy atom. The molecule has 1 N–H and O–H groups in total. The molecule has 1 amide bonds. The fourth-order valence-electron chi connectivity index (χ4n) is 2.10. The summed E-state index contributed by atoms with van der Waals surface area (Å²) in [7, 11) is 0. The molecule has 2 heterocycles. The molecule has 0 aliphatic carbocycles. The van der Waals surface area contributed by atoms with Crippen molar-refractivity contribution in [2.45, 2.75) is 6.92 Å². The summed E-state index contributed by atoms with van der Waals surface area (Å²) in [6, 6.07) is 12.9. The Kier molecular flexibility index (Phi) is 3.85. The molecule has 3 rings (SSSR count). The normalized spacial score (nSPS) is 10.1. The first-order chi connectivity index (χ1) is 11.2. The standard InChI is InChI=1S/C17H12N4O2/c1-11-15(7-14(8-18)23-11)16(22)21-17-19-9-13(10-20-17)12-5-3-2-4-6-12/h2-7,9-10H,1H3,(H,19,20,21,22). The maximum absolute atomic E-state index is 12.2. The minimum atomic E-state index is -0.416. The van der Waals surface area contributed by atoms with Gasteiger partial charge in [0, 0.05) is 24.0 Å². The maximum atomic E-state index is 12.2. The Morgan fingerprint density at radius 2 is 1.87 bits per heavy atom. The first kappa shape index (κ1) is 14.5. The Morgan fingerprint density at radius 3 is 2.48 bits per heavy atom. The molecule has 112 valence electrons. The highest BCUT2D eigenvalue weighted by atomic mass is 16.3. The van der Waals surface area contributed by atoms with Crippen molar-refractivity contribution < 1.29 is 9.21 Å². The maximum Gasteiger partial charge on any atom is 0.261 e. The highest BCUT2D eigenvalue weighted by Crippen LogP contribution is 2.18. The number of furan rings is 1. The second-order valence-corrected chi connectivity index (χ2v) is 4.81. The summed E-state index contributed by atoms with van der Waals surface area (Å²) in [5.74, 6) is 0.238. The molecule has 6 nitrogen and oxygen atoms in total. The zero-order chi connectivity index (χ0) is 16.2. The van der Waals surface area contributed by atoms with Crippen LogP contribution in [0, 0.1) is 18.3 Å². The molecule has 0 aliphatic heterocycles. The van der Waals surface area contributed by atoms with Crippen molar-refractivity contribution in [2.75, 3.05) is 5.32 Å². The SMILES string of the molecule is Cc1oc(C#N)cc1C(=O)Nc1ncc(-c2ccccc2)cn1. The topological polar surface area (TPSA) is 91.8 Å². The van der Waals surface area contributed by atoms with Gasteiger partial charge in [0.05, 0.1) is 5.56 Å². The predicted molar refractivity (Wildman–Crippen MR) is 83.6 cm³/mol. The average Bonchev–Trinajstić information content (AvgIpc) is 2.97. The number of aromatic nitrogens is 2. The van der Waals surface area contributed by atoms with Crippen LogP contribution in [0.1, 0.15) is 21.9 Å². The minimum Gasteiger partial charge on any atom is -0.450 e. The lowest BCUT2D eigenvalue weighted by Crippen LogP contribution is -2.14. The number of carbonyl (C=O) groups excluding carboxylic acids is 1. The van der Waals surface area contributed by atoms with Crippen LogP contribution in [0.4, 0.5) is 5.95 Å². The first-order valence-electron chi connectivity index (χ1n) is 6.86. The fourth-order valence-corrected chi connectivity index (χ4v) is 2.10. The van der Waals surface area contributed by atoms with E-state index in [1.165, 1.54) is 6.07 Å². The van der Waals surface area contributed by atoms with Crippen LogP contribution < -0.4 is 5.32 Å². The number of anilines is 1. The van der Waals surface area contributed by atoms with Crippen LogP contribution in [0.25, 0.3) is 11.1 Å². The van der Waals surface area contributed by atoms with Crippen molar-refractivity contribution in [1.29, 1.82) is 5.26 Å². The molecule has 0 spiro atoms. The zero-order valence-electron chi connectivity index (χ0n) is 12.3. The van der Waals surface area contributed by atoms with Gasteiger partial charge in [0.15, 0.2) is 0 Å². The molecule has 3 aromatic rings. The minimum absolute atomic E-state index is 0.0907. The van der Waals surface area contributed by atoms with E-state index in [4.69, 9.17) is 9.68 Å². The second kappa shape index (κ2) is 6.12. The number of amides is 1. The molecule has 0 saturated heterocycles. The van der Waals surface area contributed by atoms with Crippen molar-refractivity contribution in [3.8, 4) is 17.2 Å². The fraction of sp³-hybridized carbons (Fsp3) is 0.0588. The van der Waals surface area contributed by atoms with Crippen molar-refractivity contribution in [3.05, 3.63) is 65.9 Å². The third-order valence-corrected chi connectivity index (χ3v) is 3.26. The number of nitriles is 1. The molecule has 2 aromatic heterocycles. The van der Waals surface area contributed by atoms with E-state index in [1.807, 2.05) is 36.4 Å². The summed E-state index contributed by atoms with van der Waals surface area (Å²) in [4.78, 5) is 20.4. The van der Waals surface area contributed by atoms with Gasteiger partial charge < -0.3 is 4.42 Å². The average molecular weight is 304 g/mol. The molecule has 1 aromatic carbocycles. The molecule has 0 atom stereocenters. The van der Waals surface area contributed by atoms with Crippen LogP contribution in [0.3, 0.4) is 0 Å². The van der Waals surface area contributed by atoms with Gasteiger partial charge in [-0.25, -0.2) is 9.97 Å². The van der Waals surface area contributed by atoms with Crippen molar-refractivity contribution >= 4 is 11.9 Å². The zero-order valence-corrected chi connectivity index (χ0v) is 12.3. The van der Waals surface area contributed by atoms with Crippen LogP contribution in [-0.2, 0) is 0 Å². The summed E-state index contributed by atoms with van der Waals surface area (Å²) >= 11 is 0. The third-order valence-electron chi connectivity index (χ3n) is 3.26. The van der Waals surface area contributed by atoms with Gasteiger partial charge in [0.2, 0.25) is 11.7 Å². The molecular weight excluding hydrogens is 292 g/mol. The molecule has 0 saturated carbocycles. The number of nitrogens with one attached hydrogen (secondary N) is 1. The van der Waals surface area contributed by atoms with E-state index in [-0.39, 0.29) is 17.3 Å².